The Morgan fingerprint density at radius 3 is 2.62 bits per heavy atom. The molecule has 2 aromatic rings. The average molecular weight is 379 g/mol. The van der Waals surface area contributed by atoms with Crippen LogP contribution in [-0.2, 0) is 0 Å². The fourth-order valence-corrected chi connectivity index (χ4v) is 2.52. The van der Waals surface area contributed by atoms with E-state index in [4.69, 9.17) is 11.6 Å². The molecule has 7 nitrogen and oxygen atoms in total. The van der Waals surface area contributed by atoms with E-state index in [9.17, 15) is 24.1 Å². The van der Waals surface area contributed by atoms with Gasteiger partial charge in [0.2, 0.25) is 5.82 Å². The van der Waals surface area contributed by atoms with E-state index in [-0.39, 0.29) is 15.8 Å². The fourth-order valence-electron chi connectivity index (χ4n) is 1.73. The largest absolute Gasteiger partial charge is 0.334 e. The first kappa shape index (κ1) is 15.4. The minimum absolute atomic E-state index is 0.158. The lowest BCUT2D eigenvalue weighted by Gasteiger charge is -2.09. The Balaban J connectivity index is 2.89. The van der Waals surface area contributed by atoms with Crippen molar-refractivity contribution in [3.8, 4) is 5.69 Å². The molecule has 0 saturated carbocycles. The Bertz CT molecular complexity index is 877. The summed E-state index contributed by atoms with van der Waals surface area (Å²) in [6, 6.07) is 2.36. The molecular formula is C11H6BrClFN3O4. The third-order valence-corrected chi connectivity index (χ3v) is 3.60. The van der Waals surface area contributed by atoms with Gasteiger partial charge in [-0.25, -0.2) is 9.36 Å². The number of nitro groups is 1. The quantitative estimate of drug-likeness (QED) is 0.492. The second-order valence-corrected chi connectivity index (χ2v) is 5.28. The molecule has 0 aliphatic carbocycles. The van der Waals surface area contributed by atoms with Gasteiger partial charge in [0, 0.05) is 16.1 Å². The SMILES string of the molecule is Cc1cc(Br)c(-n2c(=O)[nH]c(Cl)c(F)c2=O)cc1[N+](=O)[O-]. The van der Waals surface area contributed by atoms with E-state index in [1.807, 2.05) is 4.98 Å². The van der Waals surface area contributed by atoms with E-state index in [0.29, 0.717) is 10.1 Å². The van der Waals surface area contributed by atoms with Crippen molar-refractivity contribution in [2.24, 2.45) is 0 Å². The molecule has 0 bridgehead atoms. The van der Waals surface area contributed by atoms with Crippen LogP contribution in [0.3, 0.4) is 0 Å². The number of benzene rings is 1. The van der Waals surface area contributed by atoms with E-state index in [1.54, 1.807) is 0 Å². The highest BCUT2D eigenvalue weighted by molar-refractivity contribution is 9.10. The number of halogens is 3. The van der Waals surface area contributed by atoms with Crippen molar-refractivity contribution >= 4 is 33.2 Å². The topological polar surface area (TPSA) is 98.0 Å². The van der Waals surface area contributed by atoms with Gasteiger partial charge in [-0.15, -0.1) is 0 Å². The Kier molecular flexibility index (Phi) is 3.97. The van der Waals surface area contributed by atoms with Crippen LogP contribution in [0.1, 0.15) is 5.56 Å². The predicted molar refractivity (Wildman–Crippen MR) is 76.7 cm³/mol. The van der Waals surface area contributed by atoms with Crippen LogP contribution in [0.15, 0.2) is 26.2 Å². The molecule has 0 aliphatic rings. The molecule has 0 unspecified atom stereocenters. The molecule has 1 aromatic carbocycles. The van der Waals surface area contributed by atoms with E-state index in [0.717, 1.165) is 6.07 Å². The monoisotopic (exact) mass is 377 g/mol. The van der Waals surface area contributed by atoms with E-state index < -0.39 is 27.1 Å². The van der Waals surface area contributed by atoms with E-state index in [1.165, 1.54) is 13.0 Å². The first-order valence-electron chi connectivity index (χ1n) is 5.39. The maximum Gasteiger partial charge on any atom is 0.334 e. The summed E-state index contributed by atoms with van der Waals surface area (Å²) in [5, 5.41) is 10.2. The zero-order valence-electron chi connectivity index (χ0n) is 10.3. The first-order chi connectivity index (χ1) is 9.73. The summed E-state index contributed by atoms with van der Waals surface area (Å²) in [5.41, 5.74) is -2.47. The number of hydrogen-bond donors (Lipinski definition) is 1. The Labute approximate surface area is 129 Å². The number of hydrogen-bond acceptors (Lipinski definition) is 4. The third-order valence-electron chi connectivity index (χ3n) is 2.71. The van der Waals surface area contributed by atoms with Crippen LogP contribution in [0.5, 0.6) is 0 Å². The number of aromatic nitrogens is 2. The summed E-state index contributed by atoms with van der Waals surface area (Å²) < 4.78 is 14.2. The number of aryl methyl sites for hydroxylation is 1. The van der Waals surface area contributed by atoms with Crippen LogP contribution < -0.4 is 11.2 Å². The Morgan fingerprint density at radius 2 is 2.05 bits per heavy atom. The zero-order chi connectivity index (χ0) is 15.9. The van der Waals surface area contributed by atoms with Crippen LogP contribution in [0, 0.1) is 22.9 Å². The van der Waals surface area contributed by atoms with E-state index >= 15 is 0 Å². The van der Waals surface area contributed by atoms with Crippen molar-refractivity contribution < 1.29 is 9.31 Å². The Morgan fingerprint density at radius 1 is 1.43 bits per heavy atom. The summed E-state index contributed by atoms with van der Waals surface area (Å²) in [6.45, 7) is 1.49. The highest BCUT2D eigenvalue weighted by atomic mass is 79.9. The van der Waals surface area contributed by atoms with Gasteiger partial charge >= 0.3 is 5.69 Å². The van der Waals surface area contributed by atoms with Crippen molar-refractivity contribution in [1.82, 2.24) is 9.55 Å². The maximum atomic E-state index is 13.5. The molecule has 0 aliphatic heterocycles. The van der Waals surface area contributed by atoms with Crippen LogP contribution in [0.25, 0.3) is 5.69 Å². The standard InChI is InChI=1S/C11H6BrClFN3O4/c1-4-2-5(12)7(3-6(4)17(20)21)16-10(18)8(14)9(13)15-11(16)19/h2-3H,1H3,(H,15,19). The number of H-pyrrole nitrogens is 1. The highest BCUT2D eigenvalue weighted by Crippen LogP contribution is 2.28. The van der Waals surface area contributed by atoms with Gasteiger partial charge in [0.05, 0.1) is 10.6 Å². The number of nitrogens with one attached hydrogen (secondary N) is 1. The lowest BCUT2D eigenvalue weighted by Crippen LogP contribution is -2.36. The molecule has 0 spiro atoms. The van der Waals surface area contributed by atoms with Crippen molar-refractivity contribution in [3.05, 3.63) is 64.1 Å². The molecule has 10 heteroatoms. The van der Waals surface area contributed by atoms with Crippen molar-refractivity contribution in [2.75, 3.05) is 0 Å². The number of rotatable bonds is 2. The molecule has 110 valence electrons. The molecule has 1 N–H and O–H groups in total. The number of nitro benzene ring substituents is 1. The summed E-state index contributed by atoms with van der Waals surface area (Å²) in [7, 11) is 0. The van der Waals surface area contributed by atoms with Crippen molar-refractivity contribution in [1.29, 1.82) is 0 Å². The van der Waals surface area contributed by atoms with Gasteiger partial charge in [0.1, 0.15) is 0 Å². The second-order valence-electron chi connectivity index (χ2n) is 4.05. The normalized spacial score (nSPS) is 10.7. The third kappa shape index (κ3) is 2.61. The molecule has 0 fully saturated rings. The lowest BCUT2D eigenvalue weighted by molar-refractivity contribution is -0.385. The van der Waals surface area contributed by atoms with E-state index in [2.05, 4.69) is 15.9 Å². The first-order valence-corrected chi connectivity index (χ1v) is 6.56. The highest BCUT2D eigenvalue weighted by Gasteiger charge is 2.20. The van der Waals surface area contributed by atoms with Gasteiger partial charge in [0.25, 0.3) is 11.2 Å². The molecule has 1 aromatic heterocycles. The predicted octanol–water partition coefficient (Wildman–Crippen LogP) is 2.30. The fraction of sp³-hybridized carbons (Fsp3) is 0.0909. The molecular weight excluding hydrogens is 372 g/mol. The Hall–Kier alpha value is -2.00. The number of nitrogens with zero attached hydrogens (tertiary/aromatic N) is 2. The number of aromatic amines is 1. The molecule has 21 heavy (non-hydrogen) atoms. The van der Waals surface area contributed by atoms with Crippen molar-refractivity contribution in [2.45, 2.75) is 6.92 Å². The summed E-state index contributed by atoms with van der Waals surface area (Å²) in [6.07, 6.45) is 0. The molecule has 1 heterocycles. The molecule has 0 saturated heterocycles. The van der Waals surface area contributed by atoms with Crippen LogP contribution in [0.2, 0.25) is 5.15 Å². The molecule has 0 atom stereocenters. The smallest absolute Gasteiger partial charge is 0.295 e. The molecule has 0 amide bonds. The summed E-state index contributed by atoms with van der Waals surface area (Å²) >= 11 is 8.45. The van der Waals surface area contributed by atoms with Crippen LogP contribution in [-0.4, -0.2) is 14.5 Å². The lowest BCUT2D eigenvalue weighted by atomic mass is 10.2. The summed E-state index contributed by atoms with van der Waals surface area (Å²) in [5.74, 6) is -1.36. The average Bonchev–Trinajstić information content (AvgIpc) is 2.38. The maximum absolute atomic E-state index is 13.5. The van der Waals surface area contributed by atoms with Crippen molar-refractivity contribution in [3.63, 3.8) is 0 Å². The van der Waals surface area contributed by atoms with Crippen LogP contribution >= 0.6 is 27.5 Å². The summed E-state index contributed by atoms with van der Waals surface area (Å²) in [4.78, 5) is 35.8. The molecule has 0 radical (unpaired) electrons. The minimum atomic E-state index is -1.36. The second kappa shape index (κ2) is 5.41. The van der Waals surface area contributed by atoms with Gasteiger partial charge in [-0.1, -0.05) is 11.6 Å². The molecule has 2 rings (SSSR count). The minimum Gasteiger partial charge on any atom is -0.295 e. The van der Waals surface area contributed by atoms with Gasteiger partial charge < -0.3 is 0 Å². The van der Waals surface area contributed by atoms with Gasteiger partial charge in [0.15, 0.2) is 5.15 Å². The zero-order valence-corrected chi connectivity index (χ0v) is 12.7. The van der Waals surface area contributed by atoms with Gasteiger partial charge in [-0.2, -0.15) is 4.39 Å². The van der Waals surface area contributed by atoms with Gasteiger partial charge in [-0.05, 0) is 28.9 Å². The van der Waals surface area contributed by atoms with Crippen LogP contribution in [0.4, 0.5) is 10.1 Å². The van der Waals surface area contributed by atoms with Gasteiger partial charge in [-0.3, -0.25) is 19.9 Å².